The Morgan fingerprint density at radius 2 is 1.65 bits per heavy atom. The van der Waals surface area contributed by atoms with Gasteiger partial charge in [0.05, 0.1) is 5.52 Å². The van der Waals surface area contributed by atoms with Crippen molar-refractivity contribution in [2.45, 2.75) is 40.0 Å². The molecule has 0 aliphatic heterocycles. The number of H-pyrrole nitrogens is 1. The first-order valence-corrected chi connectivity index (χ1v) is 6.97. The Labute approximate surface area is 117 Å². The zero-order valence-electron chi connectivity index (χ0n) is 12.0. The number of fused-ring (bicyclic) bond motifs is 1. The van der Waals surface area contributed by atoms with E-state index in [0.29, 0.717) is 10.9 Å². The third kappa shape index (κ3) is 2.22. The first kappa shape index (κ1) is 14.3. The highest BCUT2D eigenvalue weighted by atomic mass is 16.3. The molecule has 0 spiro atoms. The fourth-order valence-electron chi connectivity index (χ4n) is 2.71. The molecule has 0 amide bonds. The number of hydrogen-bond acceptors (Lipinski definition) is 3. The predicted molar refractivity (Wildman–Crippen MR) is 80.6 cm³/mol. The Balaban J connectivity index is 3.16. The average Bonchev–Trinajstić information content (AvgIpc) is 2.55. The summed E-state index contributed by atoms with van der Waals surface area (Å²) in [7, 11) is 0. The van der Waals surface area contributed by atoms with Crippen LogP contribution in [-0.2, 0) is 19.3 Å². The van der Waals surface area contributed by atoms with E-state index in [1.165, 1.54) is 0 Å². The SMILES string of the molecule is CCc1cc(CC)c2c(O)cc(=O)c(=O)[nH]c2c1CC. The number of aromatic nitrogens is 1. The summed E-state index contributed by atoms with van der Waals surface area (Å²) in [5, 5.41) is 10.8. The van der Waals surface area contributed by atoms with Crippen LogP contribution in [0.25, 0.3) is 10.9 Å². The van der Waals surface area contributed by atoms with Gasteiger partial charge >= 0.3 is 0 Å². The molecule has 2 rings (SSSR count). The van der Waals surface area contributed by atoms with E-state index in [4.69, 9.17) is 0 Å². The number of aryl methyl sites for hydroxylation is 3. The summed E-state index contributed by atoms with van der Waals surface area (Å²) in [6.45, 7) is 6.04. The first-order valence-electron chi connectivity index (χ1n) is 6.97. The van der Waals surface area contributed by atoms with E-state index in [0.717, 1.165) is 42.0 Å². The fourth-order valence-corrected chi connectivity index (χ4v) is 2.71. The lowest BCUT2D eigenvalue weighted by atomic mass is 9.94. The summed E-state index contributed by atoms with van der Waals surface area (Å²) in [6.07, 6.45) is 2.30. The molecule has 0 aliphatic rings. The van der Waals surface area contributed by atoms with Crippen molar-refractivity contribution in [3.8, 4) is 5.75 Å². The third-order valence-electron chi connectivity index (χ3n) is 3.71. The van der Waals surface area contributed by atoms with Crippen LogP contribution in [0, 0.1) is 0 Å². The Bertz CT molecular complexity index is 775. The van der Waals surface area contributed by atoms with Crippen LogP contribution in [0.4, 0.5) is 0 Å². The summed E-state index contributed by atoms with van der Waals surface area (Å²) in [4.78, 5) is 26.0. The van der Waals surface area contributed by atoms with E-state index in [1.54, 1.807) is 0 Å². The molecular formula is C16H19NO3. The summed E-state index contributed by atoms with van der Waals surface area (Å²) in [6, 6.07) is 3.06. The van der Waals surface area contributed by atoms with Gasteiger partial charge in [0.2, 0.25) is 5.43 Å². The van der Waals surface area contributed by atoms with Crippen LogP contribution < -0.4 is 11.0 Å². The lowest BCUT2D eigenvalue weighted by molar-refractivity contribution is 0.481. The van der Waals surface area contributed by atoms with E-state index < -0.39 is 11.0 Å². The zero-order valence-corrected chi connectivity index (χ0v) is 12.0. The lowest BCUT2D eigenvalue weighted by Crippen LogP contribution is -2.22. The minimum atomic E-state index is -0.721. The van der Waals surface area contributed by atoms with E-state index in [-0.39, 0.29) is 5.75 Å². The van der Waals surface area contributed by atoms with E-state index >= 15 is 0 Å². The number of benzene rings is 1. The molecule has 1 aromatic heterocycles. The molecule has 0 unspecified atom stereocenters. The van der Waals surface area contributed by atoms with Crippen molar-refractivity contribution in [2.75, 3.05) is 0 Å². The first-order chi connectivity index (χ1) is 9.53. The zero-order chi connectivity index (χ0) is 14.9. The molecular weight excluding hydrogens is 254 g/mol. The second-order valence-corrected chi connectivity index (χ2v) is 4.83. The highest BCUT2D eigenvalue weighted by Crippen LogP contribution is 2.30. The van der Waals surface area contributed by atoms with Crippen molar-refractivity contribution in [1.29, 1.82) is 0 Å². The van der Waals surface area contributed by atoms with Gasteiger partial charge in [0.1, 0.15) is 5.75 Å². The second-order valence-electron chi connectivity index (χ2n) is 4.83. The molecule has 2 N–H and O–H groups in total. The Kier molecular flexibility index (Phi) is 3.93. The van der Waals surface area contributed by atoms with E-state index in [1.807, 2.05) is 13.8 Å². The molecule has 0 radical (unpaired) electrons. The fraction of sp³-hybridized carbons (Fsp3) is 0.375. The van der Waals surface area contributed by atoms with Gasteiger partial charge in [-0.15, -0.1) is 0 Å². The van der Waals surface area contributed by atoms with Crippen molar-refractivity contribution >= 4 is 10.9 Å². The maximum Gasteiger partial charge on any atom is 0.296 e. The van der Waals surface area contributed by atoms with Crippen LogP contribution in [0.2, 0.25) is 0 Å². The van der Waals surface area contributed by atoms with Crippen molar-refractivity contribution in [3.63, 3.8) is 0 Å². The minimum absolute atomic E-state index is 0.127. The molecule has 106 valence electrons. The largest absolute Gasteiger partial charge is 0.507 e. The summed E-state index contributed by atoms with van der Waals surface area (Å²) in [5.41, 5.74) is 2.25. The number of aromatic amines is 1. The second kappa shape index (κ2) is 5.49. The van der Waals surface area contributed by atoms with Crippen molar-refractivity contribution in [1.82, 2.24) is 4.98 Å². The van der Waals surface area contributed by atoms with Gasteiger partial charge < -0.3 is 10.1 Å². The molecule has 20 heavy (non-hydrogen) atoms. The lowest BCUT2D eigenvalue weighted by Gasteiger charge is -2.13. The van der Waals surface area contributed by atoms with Gasteiger partial charge in [0.15, 0.2) is 0 Å². The molecule has 0 saturated heterocycles. The van der Waals surface area contributed by atoms with E-state index in [9.17, 15) is 14.7 Å². The van der Waals surface area contributed by atoms with Crippen LogP contribution in [0.3, 0.4) is 0 Å². The Hall–Kier alpha value is -2.10. The standard InChI is InChI=1S/C16H19NO3/c1-4-9-7-10(5-2)14-12(18)8-13(19)16(20)17-15(14)11(9)6-3/h7-8,18H,4-6H2,1-3H3,(H,17,19,20). The molecule has 0 bridgehead atoms. The van der Waals surface area contributed by atoms with Crippen LogP contribution in [-0.4, -0.2) is 10.1 Å². The molecule has 2 aromatic rings. The molecule has 4 nitrogen and oxygen atoms in total. The third-order valence-corrected chi connectivity index (χ3v) is 3.71. The maximum absolute atomic E-state index is 11.8. The quantitative estimate of drug-likeness (QED) is 0.843. The Morgan fingerprint density at radius 1 is 1.00 bits per heavy atom. The van der Waals surface area contributed by atoms with Crippen molar-refractivity contribution in [2.24, 2.45) is 0 Å². The topological polar surface area (TPSA) is 70.2 Å². The minimum Gasteiger partial charge on any atom is -0.507 e. The van der Waals surface area contributed by atoms with Crippen LogP contribution >= 0.6 is 0 Å². The molecule has 1 heterocycles. The highest BCUT2D eigenvalue weighted by Gasteiger charge is 2.13. The molecule has 0 fully saturated rings. The maximum atomic E-state index is 11.8. The molecule has 0 aliphatic carbocycles. The summed E-state index contributed by atoms with van der Waals surface area (Å²) < 4.78 is 0. The molecule has 4 heteroatoms. The van der Waals surface area contributed by atoms with Crippen molar-refractivity contribution < 1.29 is 5.11 Å². The van der Waals surface area contributed by atoms with Gasteiger partial charge in [-0.05, 0) is 36.0 Å². The predicted octanol–water partition coefficient (Wildman–Crippen LogP) is 2.28. The highest BCUT2D eigenvalue weighted by molar-refractivity contribution is 5.90. The smallest absolute Gasteiger partial charge is 0.296 e. The number of hydrogen-bond donors (Lipinski definition) is 2. The van der Waals surface area contributed by atoms with Crippen molar-refractivity contribution in [3.05, 3.63) is 49.4 Å². The normalized spacial score (nSPS) is 10.9. The number of rotatable bonds is 3. The number of aromatic hydroxyl groups is 1. The van der Waals surface area contributed by atoms with Gasteiger partial charge in [-0.25, -0.2) is 0 Å². The summed E-state index contributed by atoms with van der Waals surface area (Å²) in [5.74, 6) is -0.127. The summed E-state index contributed by atoms with van der Waals surface area (Å²) >= 11 is 0. The van der Waals surface area contributed by atoms with Gasteiger partial charge in [-0.2, -0.15) is 0 Å². The Morgan fingerprint density at radius 3 is 2.20 bits per heavy atom. The van der Waals surface area contributed by atoms with Gasteiger partial charge in [0.25, 0.3) is 5.56 Å². The van der Waals surface area contributed by atoms with Crippen LogP contribution in [0.5, 0.6) is 5.75 Å². The van der Waals surface area contributed by atoms with Crippen LogP contribution in [0.1, 0.15) is 37.5 Å². The molecule has 0 atom stereocenters. The van der Waals surface area contributed by atoms with E-state index in [2.05, 4.69) is 18.0 Å². The van der Waals surface area contributed by atoms with Crippen LogP contribution in [0.15, 0.2) is 21.7 Å². The monoisotopic (exact) mass is 273 g/mol. The van der Waals surface area contributed by atoms with Gasteiger partial charge in [-0.3, -0.25) is 9.59 Å². The van der Waals surface area contributed by atoms with Gasteiger partial charge in [-0.1, -0.05) is 26.8 Å². The van der Waals surface area contributed by atoms with Gasteiger partial charge in [0, 0.05) is 11.5 Å². The molecule has 0 saturated carbocycles. The molecule has 1 aromatic carbocycles. The average molecular weight is 273 g/mol. The number of nitrogens with one attached hydrogen (secondary N) is 1.